The number of carbonyl (C=O) groups excluding carboxylic acids is 2. The molecule has 0 radical (unpaired) electrons. The number of ether oxygens (including phenoxy) is 1. The average molecular weight is 690 g/mol. The van der Waals surface area contributed by atoms with Crippen LogP contribution in [0.1, 0.15) is 52.0 Å². The maximum absolute atomic E-state index is 14.1. The Morgan fingerprint density at radius 1 is 1.07 bits per heavy atom. The van der Waals surface area contributed by atoms with E-state index in [1.165, 1.54) is 4.57 Å². The number of nitrogens with zero attached hydrogens (tertiary/aromatic N) is 5. The molecule has 0 saturated heterocycles. The van der Waals surface area contributed by atoms with Crippen LogP contribution in [0, 0.1) is 0 Å². The van der Waals surface area contributed by atoms with E-state index in [1.807, 2.05) is 62.5 Å². The van der Waals surface area contributed by atoms with Crippen molar-refractivity contribution in [3.63, 3.8) is 0 Å². The lowest BCUT2D eigenvalue weighted by atomic mass is 10.1. The van der Waals surface area contributed by atoms with Gasteiger partial charge in [-0.15, -0.1) is 0 Å². The molecule has 2 atom stereocenters. The zero-order valence-electron chi connectivity index (χ0n) is 24.8. The molecule has 230 valence electrons. The first kappa shape index (κ1) is 30.4. The molecule has 0 bridgehead atoms. The fraction of sp³-hybridized carbons (Fsp3) is 0.212. The zero-order valence-corrected chi connectivity index (χ0v) is 27.1. The minimum absolute atomic E-state index is 0.0565. The van der Waals surface area contributed by atoms with Crippen LogP contribution in [0.3, 0.4) is 0 Å². The second kappa shape index (κ2) is 12.4. The highest BCUT2D eigenvalue weighted by atomic mass is 79.9. The molecule has 1 N–H and O–H groups in total. The molecule has 2 amide bonds. The van der Waals surface area contributed by atoms with Gasteiger partial charge >= 0.3 is 5.69 Å². The Morgan fingerprint density at radius 2 is 1.78 bits per heavy atom. The molecule has 1 aliphatic heterocycles. The number of hydrogen-bond acceptors (Lipinski definition) is 5. The van der Waals surface area contributed by atoms with Crippen LogP contribution >= 0.6 is 27.5 Å². The summed E-state index contributed by atoms with van der Waals surface area (Å²) in [5, 5.41) is 7.75. The van der Waals surface area contributed by atoms with Gasteiger partial charge in [-0.05, 0) is 96.0 Å². The third kappa shape index (κ3) is 5.81. The molecular weight excluding hydrogens is 660 g/mol. The second-order valence-electron chi connectivity index (χ2n) is 10.9. The van der Waals surface area contributed by atoms with E-state index in [9.17, 15) is 14.4 Å². The zero-order chi connectivity index (χ0) is 31.8. The number of benzene rings is 3. The van der Waals surface area contributed by atoms with E-state index in [2.05, 4.69) is 26.3 Å². The summed E-state index contributed by atoms with van der Waals surface area (Å²) in [5.41, 5.74) is 2.87. The second-order valence-corrected chi connectivity index (χ2v) is 12.1. The molecule has 3 heterocycles. The van der Waals surface area contributed by atoms with Gasteiger partial charge in [0.25, 0.3) is 11.8 Å². The number of halogens is 2. The first-order valence-electron chi connectivity index (χ1n) is 14.3. The van der Waals surface area contributed by atoms with Crippen LogP contribution in [0.2, 0.25) is 5.02 Å². The van der Waals surface area contributed by atoms with Gasteiger partial charge < -0.3 is 15.0 Å². The number of rotatable bonds is 7. The Labute approximate surface area is 272 Å². The molecule has 1 unspecified atom stereocenters. The third-order valence-electron chi connectivity index (χ3n) is 8.03. The van der Waals surface area contributed by atoms with Crippen molar-refractivity contribution in [2.45, 2.75) is 39.0 Å². The summed E-state index contributed by atoms with van der Waals surface area (Å²) in [7, 11) is 1.59. The summed E-state index contributed by atoms with van der Waals surface area (Å²) in [6.45, 7) is 4.03. The molecule has 12 heteroatoms. The van der Waals surface area contributed by atoms with Gasteiger partial charge in [0.15, 0.2) is 0 Å². The average Bonchev–Trinajstić information content (AvgIpc) is 3.68. The molecule has 45 heavy (non-hydrogen) atoms. The summed E-state index contributed by atoms with van der Waals surface area (Å²) < 4.78 is 10.7. The van der Waals surface area contributed by atoms with Gasteiger partial charge in [0.1, 0.15) is 11.4 Å². The Balaban J connectivity index is 1.41. The number of amides is 2. The van der Waals surface area contributed by atoms with Crippen LogP contribution in [-0.4, -0.2) is 48.8 Å². The van der Waals surface area contributed by atoms with Gasteiger partial charge in [0.05, 0.1) is 41.8 Å². The molecule has 0 fully saturated rings. The van der Waals surface area contributed by atoms with Gasteiger partial charge in [-0.3, -0.25) is 18.7 Å². The van der Waals surface area contributed by atoms with Crippen molar-refractivity contribution in [3.8, 4) is 17.1 Å². The van der Waals surface area contributed by atoms with Crippen molar-refractivity contribution in [1.82, 2.24) is 29.1 Å². The predicted molar refractivity (Wildman–Crippen MR) is 175 cm³/mol. The van der Waals surface area contributed by atoms with Crippen molar-refractivity contribution >= 4 is 39.3 Å². The number of hydrogen-bond donors (Lipinski definition) is 1. The maximum atomic E-state index is 14.1. The maximum Gasteiger partial charge on any atom is 0.333 e. The van der Waals surface area contributed by atoms with E-state index in [0.717, 1.165) is 11.3 Å². The molecule has 2 aromatic heterocycles. The number of nitrogens with one attached hydrogen (secondary N) is 1. The molecule has 0 aliphatic carbocycles. The van der Waals surface area contributed by atoms with Gasteiger partial charge in [-0.25, -0.2) is 9.48 Å². The minimum Gasteiger partial charge on any atom is -0.497 e. The largest absolute Gasteiger partial charge is 0.497 e. The SMILES string of the molecule is COc1ccc([C@H](C)NC(=O)c2c3n(c(=O)n2-c2ccc(-n4cccn4)cc2)CC(C)N(C(=O)c2ccc(Br)c(Cl)c2)C3)cc1. The van der Waals surface area contributed by atoms with Crippen LogP contribution in [0.25, 0.3) is 11.4 Å². The summed E-state index contributed by atoms with van der Waals surface area (Å²) in [5.74, 6) is 0.0240. The van der Waals surface area contributed by atoms with Crippen molar-refractivity contribution < 1.29 is 14.3 Å². The van der Waals surface area contributed by atoms with E-state index < -0.39 is 5.91 Å². The van der Waals surface area contributed by atoms with Gasteiger partial charge in [-0.2, -0.15) is 5.10 Å². The lowest BCUT2D eigenvalue weighted by molar-refractivity contribution is 0.0610. The number of imidazole rings is 1. The van der Waals surface area contributed by atoms with E-state index in [0.29, 0.717) is 32.2 Å². The summed E-state index contributed by atoms with van der Waals surface area (Å²) in [6, 6.07) is 20.8. The van der Waals surface area contributed by atoms with Gasteiger partial charge in [-0.1, -0.05) is 23.7 Å². The van der Waals surface area contributed by atoms with Crippen molar-refractivity contribution in [2.75, 3.05) is 7.11 Å². The van der Waals surface area contributed by atoms with Crippen LogP contribution in [0.15, 0.2) is 94.5 Å². The van der Waals surface area contributed by atoms with Crippen molar-refractivity contribution in [1.29, 1.82) is 0 Å². The normalized spacial score (nSPS) is 15.0. The lowest BCUT2D eigenvalue weighted by Gasteiger charge is -2.34. The van der Waals surface area contributed by atoms with E-state index in [1.54, 1.807) is 57.8 Å². The molecule has 5 aromatic rings. The van der Waals surface area contributed by atoms with Gasteiger partial charge in [0, 0.05) is 35.0 Å². The molecule has 10 nitrogen and oxygen atoms in total. The first-order valence-corrected chi connectivity index (χ1v) is 15.5. The number of fused-ring (bicyclic) bond motifs is 1. The van der Waals surface area contributed by atoms with Crippen molar-refractivity contribution in [3.05, 3.63) is 128 Å². The monoisotopic (exact) mass is 688 g/mol. The molecule has 1 aliphatic rings. The first-order chi connectivity index (χ1) is 21.7. The Bertz CT molecular complexity index is 1930. The Morgan fingerprint density at radius 3 is 2.42 bits per heavy atom. The van der Waals surface area contributed by atoms with E-state index >= 15 is 0 Å². The quantitative estimate of drug-likeness (QED) is 0.233. The lowest BCUT2D eigenvalue weighted by Crippen LogP contribution is -2.47. The third-order valence-corrected chi connectivity index (χ3v) is 9.26. The minimum atomic E-state index is -0.436. The van der Waals surface area contributed by atoms with Crippen LogP contribution in [0.4, 0.5) is 0 Å². The highest BCUT2D eigenvalue weighted by molar-refractivity contribution is 9.10. The predicted octanol–water partition coefficient (Wildman–Crippen LogP) is 5.78. The van der Waals surface area contributed by atoms with E-state index in [4.69, 9.17) is 16.3 Å². The fourth-order valence-electron chi connectivity index (χ4n) is 5.57. The van der Waals surface area contributed by atoms with Crippen molar-refractivity contribution in [2.24, 2.45) is 0 Å². The highest BCUT2D eigenvalue weighted by Crippen LogP contribution is 2.28. The van der Waals surface area contributed by atoms with Gasteiger partial charge in [0.2, 0.25) is 0 Å². The molecular formula is C33H30BrClN6O4. The summed E-state index contributed by atoms with van der Waals surface area (Å²) in [4.78, 5) is 43.6. The summed E-state index contributed by atoms with van der Waals surface area (Å²) >= 11 is 9.67. The molecule has 6 rings (SSSR count). The molecule has 3 aromatic carbocycles. The van der Waals surface area contributed by atoms with Crippen LogP contribution < -0.4 is 15.7 Å². The number of carbonyl (C=O) groups is 2. The van der Waals surface area contributed by atoms with Crippen LogP contribution in [0.5, 0.6) is 5.75 Å². The van der Waals surface area contributed by atoms with E-state index in [-0.39, 0.29) is 42.5 Å². The standard InChI is InChI=1S/C33H30BrClN6O4/c1-20-18-39-29(19-38(20)32(43)23-7-14-27(34)28(35)17-23)30(31(42)37-21(2)22-5-12-26(45-3)13-6-22)41(33(39)44)25-10-8-24(9-11-25)40-16-4-15-36-40/h4-17,20-21H,18-19H2,1-3H3,(H,37,42)/t20?,21-/m0/s1. The summed E-state index contributed by atoms with van der Waals surface area (Å²) in [6.07, 6.45) is 3.51. The number of aromatic nitrogens is 4. The smallest absolute Gasteiger partial charge is 0.333 e. The number of methoxy groups -OCH3 is 1. The van der Waals surface area contributed by atoms with Crippen LogP contribution in [-0.2, 0) is 13.1 Å². The molecule has 0 saturated carbocycles. The molecule has 0 spiro atoms. The Hall–Kier alpha value is -4.61. The highest BCUT2D eigenvalue weighted by Gasteiger charge is 2.35. The fourth-order valence-corrected chi connectivity index (χ4v) is 6.00. The Kier molecular flexibility index (Phi) is 8.39. The topological polar surface area (TPSA) is 103 Å².